The minimum atomic E-state index is -0.626. The molecule has 2 saturated carbocycles. The minimum absolute atomic E-state index is 0.0453. The van der Waals surface area contributed by atoms with Crippen LogP contribution in [-0.2, 0) is 14.3 Å². The van der Waals surface area contributed by atoms with Crippen molar-refractivity contribution in [2.45, 2.75) is 94.0 Å². The Kier molecular flexibility index (Phi) is 7.56. The fourth-order valence-corrected chi connectivity index (χ4v) is 7.33. The predicted octanol–water partition coefficient (Wildman–Crippen LogP) is 2.47. The van der Waals surface area contributed by atoms with Crippen LogP contribution >= 0.6 is 0 Å². The lowest BCUT2D eigenvalue weighted by Gasteiger charge is -2.34. The molecule has 2 N–H and O–H groups in total. The number of carbonyl (C=O) groups is 3. The summed E-state index contributed by atoms with van der Waals surface area (Å²) < 4.78 is 5.73. The molecule has 1 aromatic carbocycles. The molecular weight excluding hydrogens is 480 g/mol. The number of Topliss-reactive ketones (excluding diaryl/α,β-unsaturated/α-hetero) is 1. The van der Waals surface area contributed by atoms with Gasteiger partial charge in [-0.25, -0.2) is 0 Å². The average molecular weight is 523 g/mol. The Labute approximate surface area is 225 Å². The molecular formula is C30H42N4O4. The van der Waals surface area contributed by atoms with E-state index in [1.165, 1.54) is 44.3 Å². The molecule has 0 radical (unpaired) electrons. The highest BCUT2D eigenvalue weighted by molar-refractivity contribution is 5.99. The number of piperidine rings is 1. The average Bonchev–Trinajstić information content (AvgIpc) is 3.65. The second-order valence-electron chi connectivity index (χ2n) is 12.1. The van der Waals surface area contributed by atoms with E-state index < -0.39 is 12.1 Å². The number of hydrogen-bond acceptors (Lipinski definition) is 6. The summed E-state index contributed by atoms with van der Waals surface area (Å²) in [7, 11) is 1.84. The molecule has 4 atom stereocenters. The van der Waals surface area contributed by atoms with Gasteiger partial charge in [-0.15, -0.1) is 0 Å². The number of hydrogen-bond donors (Lipinski definition) is 2. The lowest BCUT2D eigenvalue weighted by molar-refractivity contribution is -0.139. The maximum absolute atomic E-state index is 14.0. The van der Waals surface area contributed by atoms with Crippen LogP contribution < -0.4 is 10.6 Å². The molecule has 0 unspecified atom stereocenters. The standard InChI is InChI=1S/C30H42N4O4/c1-31-24-17-34(27-25(35)18-38-28(24)27)30(37)26(21-5-3-2-4-6-21)32-29(36)22-9-7-19(8-10-22)20-13-15-33(16-14-20)23-11-12-23/h7-10,20-21,23-24,26-28,31H,2-6,11-18H2,1H3,(H,32,36)/t24-,26-,27+,28+/m0/s1. The van der Waals surface area contributed by atoms with Crippen molar-refractivity contribution in [1.82, 2.24) is 20.4 Å². The van der Waals surface area contributed by atoms with E-state index in [2.05, 4.69) is 27.7 Å². The summed E-state index contributed by atoms with van der Waals surface area (Å²) in [5, 5.41) is 6.33. The molecule has 206 valence electrons. The fraction of sp³-hybridized carbons (Fsp3) is 0.700. The predicted molar refractivity (Wildman–Crippen MR) is 144 cm³/mol. The molecule has 0 spiro atoms. The van der Waals surface area contributed by atoms with Crippen LogP contribution in [0.4, 0.5) is 0 Å². The van der Waals surface area contributed by atoms with E-state index in [1.807, 2.05) is 19.2 Å². The van der Waals surface area contributed by atoms with Crippen molar-refractivity contribution >= 4 is 17.6 Å². The van der Waals surface area contributed by atoms with Gasteiger partial charge in [0.1, 0.15) is 24.8 Å². The summed E-state index contributed by atoms with van der Waals surface area (Å²) in [6.45, 7) is 2.81. The first kappa shape index (κ1) is 26.0. The van der Waals surface area contributed by atoms with E-state index in [1.54, 1.807) is 4.90 Å². The number of carbonyl (C=O) groups excluding carboxylic acids is 3. The molecule has 6 rings (SSSR count). The lowest BCUT2D eigenvalue weighted by atomic mass is 9.83. The summed E-state index contributed by atoms with van der Waals surface area (Å²) in [4.78, 5) is 44.4. The van der Waals surface area contributed by atoms with Crippen molar-refractivity contribution in [3.05, 3.63) is 35.4 Å². The largest absolute Gasteiger partial charge is 0.366 e. The number of likely N-dealkylation sites (tertiary alicyclic amines) is 2. The number of rotatable bonds is 7. The zero-order chi connectivity index (χ0) is 26.2. The van der Waals surface area contributed by atoms with Crippen LogP contribution in [0.15, 0.2) is 24.3 Å². The molecule has 1 aromatic rings. The van der Waals surface area contributed by atoms with E-state index in [-0.39, 0.29) is 42.3 Å². The third-order valence-electron chi connectivity index (χ3n) is 9.75. The van der Waals surface area contributed by atoms with Gasteiger partial charge in [0.2, 0.25) is 5.91 Å². The van der Waals surface area contributed by atoms with Gasteiger partial charge in [-0.05, 0) is 88.2 Å². The maximum Gasteiger partial charge on any atom is 0.251 e. The normalized spacial score (nSPS) is 29.9. The summed E-state index contributed by atoms with van der Waals surface area (Å²) >= 11 is 0. The van der Waals surface area contributed by atoms with Crippen molar-refractivity contribution in [3.8, 4) is 0 Å². The van der Waals surface area contributed by atoms with Crippen LogP contribution in [0, 0.1) is 5.92 Å². The molecule has 2 aliphatic carbocycles. The molecule has 8 nitrogen and oxygen atoms in total. The van der Waals surface area contributed by atoms with Crippen molar-refractivity contribution in [3.63, 3.8) is 0 Å². The smallest absolute Gasteiger partial charge is 0.251 e. The van der Waals surface area contributed by atoms with Crippen molar-refractivity contribution in [2.24, 2.45) is 5.92 Å². The third-order valence-corrected chi connectivity index (χ3v) is 9.75. The first-order valence-corrected chi connectivity index (χ1v) is 14.8. The Hall–Kier alpha value is -2.29. The number of benzene rings is 1. The second kappa shape index (κ2) is 11.1. The molecule has 0 aromatic heterocycles. The van der Waals surface area contributed by atoms with Crippen LogP contribution in [0.2, 0.25) is 0 Å². The number of ketones is 1. The highest BCUT2D eigenvalue weighted by Gasteiger charge is 2.53. The lowest BCUT2D eigenvalue weighted by Crippen LogP contribution is -2.55. The van der Waals surface area contributed by atoms with Crippen LogP contribution in [0.1, 0.15) is 79.6 Å². The van der Waals surface area contributed by atoms with Crippen molar-refractivity contribution in [2.75, 3.05) is 33.3 Å². The van der Waals surface area contributed by atoms with Gasteiger partial charge in [0, 0.05) is 18.2 Å². The maximum atomic E-state index is 14.0. The summed E-state index contributed by atoms with van der Waals surface area (Å²) in [5.74, 6) is 0.233. The third kappa shape index (κ3) is 5.15. The number of nitrogens with zero attached hydrogens (tertiary/aromatic N) is 2. The fourth-order valence-electron chi connectivity index (χ4n) is 7.33. The minimum Gasteiger partial charge on any atom is -0.366 e. The van der Waals surface area contributed by atoms with E-state index in [9.17, 15) is 14.4 Å². The Morgan fingerprint density at radius 1 is 0.974 bits per heavy atom. The molecule has 3 aliphatic heterocycles. The van der Waals surface area contributed by atoms with Gasteiger partial charge >= 0.3 is 0 Å². The number of amides is 2. The van der Waals surface area contributed by atoms with Gasteiger partial charge in [0.15, 0.2) is 5.78 Å². The molecule has 38 heavy (non-hydrogen) atoms. The Morgan fingerprint density at radius 3 is 2.34 bits per heavy atom. The first-order valence-electron chi connectivity index (χ1n) is 14.8. The first-order chi connectivity index (χ1) is 18.5. The number of fused-ring (bicyclic) bond motifs is 1. The van der Waals surface area contributed by atoms with Crippen molar-refractivity contribution in [1.29, 1.82) is 0 Å². The molecule has 3 saturated heterocycles. The topological polar surface area (TPSA) is 91.0 Å². The van der Waals surface area contributed by atoms with Gasteiger partial charge in [0.25, 0.3) is 5.91 Å². The van der Waals surface area contributed by atoms with Gasteiger partial charge in [-0.2, -0.15) is 0 Å². The van der Waals surface area contributed by atoms with E-state index in [4.69, 9.17) is 4.74 Å². The van der Waals surface area contributed by atoms with Gasteiger partial charge in [0.05, 0.1) is 6.04 Å². The van der Waals surface area contributed by atoms with Crippen molar-refractivity contribution < 1.29 is 19.1 Å². The molecule has 0 bridgehead atoms. The molecule has 5 fully saturated rings. The highest BCUT2D eigenvalue weighted by atomic mass is 16.5. The second-order valence-corrected chi connectivity index (χ2v) is 12.1. The Balaban J connectivity index is 1.14. The van der Waals surface area contributed by atoms with Gasteiger partial charge < -0.3 is 25.2 Å². The van der Waals surface area contributed by atoms with E-state index >= 15 is 0 Å². The monoisotopic (exact) mass is 522 g/mol. The quantitative estimate of drug-likeness (QED) is 0.572. The molecule has 3 heterocycles. The Bertz CT molecular complexity index is 1030. The highest BCUT2D eigenvalue weighted by Crippen LogP contribution is 2.35. The SMILES string of the molecule is CN[C@H]1CN(C(=O)[C@@H](NC(=O)c2ccc(C3CCN(C4CC4)CC3)cc2)C2CCCCC2)[C@@H]2C(=O)CO[C@H]12. The Morgan fingerprint density at radius 2 is 1.68 bits per heavy atom. The van der Waals surface area contributed by atoms with Crippen LogP contribution in [0.5, 0.6) is 0 Å². The van der Waals surface area contributed by atoms with Crippen LogP contribution in [0.25, 0.3) is 0 Å². The summed E-state index contributed by atoms with van der Waals surface area (Å²) in [6, 6.07) is 7.59. The summed E-state index contributed by atoms with van der Waals surface area (Å²) in [6.07, 6.45) is 9.86. The van der Waals surface area contributed by atoms with Crippen LogP contribution in [-0.4, -0.2) is 91.0 Å². The molecule has 2 amide bonds. The molecule has 8 heteroatoms. The van der Waals surface area contributed by atoms with Crippen LogP contribution in [0.3, 0.4) is 0 Å². The van der Waals surface area contributed by atoms with E-state index in [0.717, 1.165) is 38.1 Å². The number of nitrogens with one attached hydrogen (secondary N) is 2. The zero-order valence-corrected chi connectivity index (χ0v) is 22.6. The number of likely N-dealkylation sites (N-methyl/N-ethyl adjacent to an activating group) is 1. The summed E-state index contributed by atoms with van der Waals surface area (Å²) in [5.41, 5.74) is 1.89. The van der Waals surface area contributed by atoms with E-state index in [0.29, 0.717) is 18.0 Å². The van der Waals surface area contributed by atoms with Gasteiger partial charge in [-0.3, -0.25) is 14.4 Å². The number of ether oxygens (including phenoxy) is 1. The zero-order valence-electron chi connectivity index (χ0n) is 22.6. The van der Waals surface area contributed by atoms with Gasteiger partial charge in [-0.1, -0.05) is 31.4 Å². The molecule has 5 aliphatic rings.